The number of amides is 2. The number of rotatable bonds is 4. The maximum atomic E-state index is 11.2. The highest BCUT2D eigenvalue weighted by Crippen LogP contribution is 2.13. The molecule has 0 unspecified atom stereocenters. The fourth-order valence-corrected chi connectivity index (χ4v) is 1.17. The van der Waals surface area contributed by atoms with Gasteiger partial charge in [0.1, 0.15) is 0 Å². The standard InChI is InChI=1S/C12H12N2O4/c1-8(15)13-9-2-4-10(5-3-9)14-11(16)6-7-12(17)18/h2-7H,1H3,(H,13,15)(H,14,16)(H,17,18)/p-1/b7-6-. The average molecular weight is 247 g/mol. The van der Waals surface area contributed by atoms with Crippen molar-refractivity contribution >= 4 is 29.2 Å². The molecule has 0 spiro atoms. The first-order chi connectivity index (χ1) is 8.47. The second-order valence-electron chi connectivity index (χ2n) is 3.40. The summed E-state index contributed by atoms with van der Waals surface area (Å²) in [4.78, 5) is 32.1. The number of carbonyl (C=O) groups excluding carboxylic acids is 3. The maximum absolute atomic E-state index is 11.2. The predicted octanol–water partition coefficient (Wildman–Crippen LogP) is -0.110. The van der Waals surface area contributed by atoms with Gasteiger partial charge in [-0.3, -0.25) is 9.59 Å². The summed E-state index contributed by atoms with van der Waals surface area (Å²) in [6, 6.07) is 6.38. The second-order valence-corrected chi connectivity index (χ2v) is 3.40. The van der Waals surface area contributed by atoms with Gasteiger partial charge in [-0.15, -0.1) is 0 Å². The van der Waals surface area contributed by atoms with Crippen LogP contribution in [0, 0.1) is 0 Å². The van der Waals surface area contributed by atoms with Gasteiger partial charge in [-0.25, -0.2) is 0 Å². The van der Waals surface area contributed by atoms with Gasteiger partial charge in [-0.2, -0.15) is 0 Å². The van der Waals surface area contributed by atoms with Gasteiger partial charge in [0.2, 0.25) is 11.8 Å². The third kappa shape index (κ3) is 4.93. The van der Waals surface area contributed by atoms with Gasteiger partial charge in [-0.1, -0.05) is 0 Å². The summed E-state index contributed by atoms with van der Waals surface area (Å²) < 4.78 is 0. The van der Waals surface area contributed by atoms with Gasteiger partial charge in [-0.05, 0) is 30.3 Å². The van der Waals surface area contributed by atoms with Gasteiger partial charge in [0.05, 0.1) is 5.97 Å². The van der Waals surface area contributed by atoms with E-state index in [-0.39, 0.29) is 5.91 Å². The number of hydrogen-bond acceptors (Lipinski definition) is 4. The zero-order chi connectivity index (χ0) is 13.5. The van der Waals surface area contributed by atoms with Crippen LogP contribution in [0.25, 0.3) is 0 Å². The Bertz CT molecular complexity index is 491. The monoisotopic (exact) mass is 247 g/mol. The fraction of sp³-hybridized carbons (Fsp3) is 0.0833. The highest BCUT2D eigenvalue weighted by molar-refractivity contribution is 6.02. The molecule has 2 N–H and O–H groups in total. The van der Waals surface area contributed by atoms with Crippen molar-refractivity contribution in [2.24, 2.45) is 0 Å². The summed E-state index contributed by atoms with van der Waals surface area (Å²) in [5.74, 6) is -2.21. The van der Waals surface area contributed by atoms with Crippen molar-refractivity contribution in [3.63, 3.8) is 0 Å². The van der Waals surface area contributed by atoms with Crippen LogP contribution in [-0.2, 0) is 14.4 Å². The van der Waals surface area contributed by atoms with E-state index in [0.29, 0.717) is 17.5 Å². The third-order valence-corrected chi connectivity index (χ3v) is 1.84. The molecule has 0 bridgehead atoms. The van der Waals surface area contributed by atoms with Crippen LogP contribution in [0.4, 0.5) is 11.4 Å². The van der Waals surface area contributed by atoms with Crippen molar-refractivity contribution < 1.29 is 19.5 Å². The Labute approximate surface area is 103 Å². The van der Waals surface area contributed by atoms with E-state index in [2.05, 4.69) is 10.6 Å². The van der Waals surface area contributed by atoms with Crippen LogP contribution in [0.2, 0.25) is 0 Å². The lowest BCUT2D eigenvalue weighted by Crippen LogP contribution is -2.20. The molecule has 0 saturated heterocycles. The minimum Gasteiger partial charge on any atom is -0.545 e. The first kappa shape index (κ1) is 13.4. The number of aliphatic carboxylic acids is 1. The smallest absolute Gasteiger partial charge is 0.248 e. The van der Waals surface area contributed by atoms with E-state index in [9.17, 15) is 19.5 Å². The minimum absolute atomic E-state index is 0.191. The predicted molar refractivity (Wildman–Crippen MR) is 63.5 cm³/mol. The molecule has 6 nitrogen and oxygen atoms in total. The topological polar surface area (TPSA) is 98.3 Å². The molecule has 2 amide bonds. The molecule has 0 saturated carbocycles. The molecule has 0 radical (unpaired) electrons. The molecule has 1 aromatic rings. The highest BCUT2D eigenvalue weighted by atomic mass is 16.4. The van der Waals surface area contributed by atoms with Crippen molar-refractivity contribution in [2.75, 3.05) is 10.6 Å². The summed E-state index contributed by atoms with van der Waals surface area (Å²) in [5.41, 5.74) is 1.09. The van der Waals surface area contributed by atoms with E-state index >= 15 is 0 Å². The largest absolute Gasteiger partial charge is 0.545 e. The van der Waals surface area contributed by atoms with Crippen LogP contribution in [0.1, 0.15) is 6.92 Å². The van der Waals surface area contributed by atoms with Gasteiger partial charge < -0.3 is 20.5 Å². The van der Waals surface area contributed by atoms with Crippen LogP contribution in [0.15, 0.2) is 36.4 Å². The van der Waals surface area contributed by atoms with Crippen LogP contribution in [0.5, 0.6) is 0 Å². The Morgan fingerprint density at radius 2 is 1.50 bits per heavy atom. The maximum Gasteiger partial charge on any atom is 0.248 e. The molecule has 0 aromatic heterocycles. The van der Waals surface area contributed by atoms with E-state index in [1.165, 1.54) is 6.92 Å². The number of carboxylic acid groups (broad SMARTS) is 1. The minimum atomic E-state index is -1.44. The first-order valence-corrected chi connectivity index (χ1v) is 5.05. The SMILES string of the molecule is CC(=O)Nc1ccc(NC(=O)/C=C\C(=O)[O-])cc1. The van der Waals surface area contributed by atoms with Gasteiger partial charge >= 0.3 is 0 Å². The summed E-state index contributed by atoms with van der Waals surface area (Å²) in [6.45, 7) is 1.39. The van der Waals surface area contributed by atoms with Crippen molar-refractivity contribution in [3.8, 4) is 0 Å². The third-order valence-electron chi connectivity index (χ3n) is 1.84. The Hall–Kier alpha value is -2.63. The van der Waals surface area contributed by atoms with E-state index in [1.54, 1.807) is 24.3 Å². The average Bonchev–Trinajstić information content (AvgIpc) is 2.28. The van der Waals surface area contributed by atoms with E-state index in [4.69, 9.17) is 0 Å². The van der Waals surface area contributed by atoms with E-state index in [0.717, 1.165) is 6.08 Å². The zero-order valence-electron chi connectivity index (χ0n) is 9.60. The normalized spacial score (nSPS) is 10.1. The second kappa shape index (κ2) is 6.19. The molecule has 94 valence electrons. The molecule has 0 aliphatic heterocycles. The number of carbonyl (C=O) groups is 3. The number of carboxylic acids is 1. The summed E-state index contributed by atoms with van der Waals surface area (Å²) in [7, 11) is 0. The van der Waals surface area contributed by atoms with Crippen LogP contribution >= 0.6 is 0 Å². The molecule has 0 aliphatic rings. The van der Waals surface area contributed by atoms with Crippen molar-refractivity contribution in [1.29, 1.82) is 0 Å². The molecule has 0 fully saturated rings. The molecule has 0 atom stereocenters. The van der Waals surface area contributed by atoms with Crippen molar-refractivity contribution in [2.45, 2.75) is 6.92 Å². The lowest BCUT2D eigenvalue weighted by Gasteiger charge is -2.05. The van der Waals surface area contributed by atoms with Crippen LogP contribution in [0.3, 0.4) is 0 Å². The Kier molecular flexibility index (Phi) is 4.62. The summed E-state index contributed by atoms with van der Waals surface area (Å²) >= 11 is 0. The molecule has 18 heavy (non-hydrogen) atoms. The molecule has 6 heteroatoms. The van der Waals surface area contributed by atoms with Gasteiger partial charge in [0, 0.05) is 24.4 Å². The molecule has 0 aliphatic carbocycles. The summed E-state index contributed by atoms with van der Waals surface area (Å²) in [5, 5.41) is 15.1. The highest BCUT2D eigenvalue weighted by Gasteiger charge is 1.99. The quantitative estimate of drug-likeness (QED) is 0.725. The van der Waals surface area contributed by atoms with Crippen LogP contribution in [-0.4, -0.2) is 17.8 Å². The fourth-order valence-electron chi connectivity index (χ4n) is 1.17. The van der Waals surface area contributed by atoms with Crippen LogP contribution < -0.4 is 15.7 Å². The Morgan fingerprint density at radius 3 is 1.94 bits per heavy atom. The van der Waals surface area contributed by atoms with E-state index in [1.807, 2.05) is 0 Å². The Morgan fingerprint density at radius 1 is 1.00 bits per heavy atom. The number of nitrogens with one attached hydrogen (secondary N) is 2. The molecular weight excluding hydrogens is 236 g/mol. The van der Waals surface area contributed by atoms with Crippen molar-refractivity contribution in [3.05, 3.63) is 36.4 Å². The number of anilines is 2. The van der Waals surface area contributed by atoms with Gasteiger partial charge in [0.15, 0.2) is 0 Å². The molecule has 1 rings (SSSR count). The Balaban J connectivity index is 2.61. The lowest BCUT2D eigenvalue weighted by atomic mass is 10.2. The summed E-state index contributed by atoms with van der Waals surface area (Å²) in [6.07, 6.45) is 1.50. The molecule has 0 heterocycles. The van der Waals surface area contributed by atoms with E-state index < -0.39 is 11.9 Å². The first-order valence-electron chi connectivity index (χ1n) is 5.05. The molecular formula is C12H11N2O4-. The lowest BCUT2D eigenvalue weighted by molar-refractivity contribution is -0.297. The van der Waals surface area contributed by atoms with Crippen molar-refractivity contribution in [1.82, 2.24) is 0 Å². The number of benzene rings is 1. The number of hydrogen-bond donors (Lipinski definition) is 2. The zero-order valence-corrected chi connectivity index (χ0v) is 9.60. The molecule has 1 aromatic carbocycles. The van der Waals surface area contributed by atoms with Gasteiger partial charge in [0.25, 0.3) is 0 Å².